The SMILES string of the molecule is CO[C@@H](CNC(=O)c1cc(Cl)ccc1Cl)c1ccsc1. The van der Waals surface area contributed by atoms with E-state index in [9.17, 15) is 4.79 Å². The van der Waals surface area contributed by atoms with Gasteiger partial charge in [0, 0.05) is 18.7 Å². The van der Waals surface area contributed by atoms with Crippen molar-refractivity contribution in [1.82, 2.24) is 5.32 Å². The van der Waals surface area contributed by atoms with Crippen LogP contribution in [-0.4, -0.2) is 19.6 Å². The molecule has 106 valence electrons. The van der Waals surface area contributed by atoms with Gasteiger partial charge < -0.3 is 10.1 Å². The van der Waals surface area contributed by atoms with Crippen molar-refractivity contribution in [2.45, 2.75) is 6.10 Å². The van der Waals surface area contributed by atoms with Crippen LogP contribution < -0.4 is 5.32 Å². The lowest BCUT2D eigenvalue weighted by molar-refractivity contribution is 0.0829. The van der Waals surface area contributed by atoms with Crippen molar-refractivity contribution in [2.75, 3.05) is 13.7 Å². The number of rotatable bonds is 5. The lowest BCUT2D eigenvalue weighted by Gasteiger charge is -2.15. The molecule has 0 saturated heterocycles. The second-order valence-corrected chi connectivity index (χ2v) is 5.74. The molecule has 0 aliphatic heterocycles. The zero-order valence-electron chi connectivity index (χ0n) is 10.7. The van der Waals surface area contributed by atoms with E-state index in [2.05, 4.69) is 5.32 Å². The summed E-state index contributed by atoms with van der Waals surface area (Å²) in [5, 5.41) is 7.61. The molecule has 2 rings (SSSR count). The van der Waals surface area contributed by atoms with Gasteiger partial charge in [-0.1, -0.05) is 23.2 Å². The van der Waals surface area contributed by atoms with Crippen LogP contribution in [0.5, 0.6) is 0 Å². The van der Waals surface area contributed by atoms with Gasteiger partial charge in [-0.15, -0.1) is 0 Å². The van der Waals surface area contributed by atoms with Crippen molar-refractivity contribution in [3.05, 3.63) is 56.2 Å². The van der Waals surface area contributed by atoms with Crippen LogP contribution in [0.15, 0.2) is 35.0 Å². The second-order valence-electron chi connectivity index (χ2n) is 4.12. The first-order valence-electron chi connectivity index (χ1n) is 5.90. The monoisotopic (exact) mass is 329 g/mol. The number of methoxy groups -OCH3 is 1. The Labute approximate surface area is 131 Å². The van der Waals surface area contributed by atoms with Crippen LogP contribution >= 0.6 is 34.5 Å². The van der Waals surface area contributed by atoms with Gasteiger partial charge in [-0.05, 0) is 40.6 Å². The Bertz CT molecular complexity index is 587. The van der Waals surface area contributed by atoms with E-state index in [1.807, 2.05) is 16.8 Å². The highest BCUT2D eigenvalue weighted by molar-refractivity contribution is 7.07. The van der Waals surface area contributed by atoms with E-state index in [1.54, 1.807) is 36.6 Å². The lowest BCUT2D eigenvalue weighted by atomic mass is 10.1. The summed E-state index contributed by atoms with van der Waals surface area (Å²) >= 11 is 13.4. The number of ether oxygens (including phenoxy) is 1. The molecule has 3 nitrogen and oxygen atoms in total. The van der Waals surface area contributed by atoms with Crippen LogP contribution in [0.2, 0.25) is 10.0 Å². The van der Waals surface area contributed by atoms with Gasteiger partial charge in [0.25, 0.3) is 5.91 Å². The molecule has 2 aromatic rings. The lowest BCUT2D eigenvalue weighted by Crippen LogP contribution is -2.29. The van der Waals surface area contributed by atoms with Gasteiger partial charge in [0.1, 0.15) is 6.10 Å². The highest BCUT2D eigenvalue weighted by Gasteiger charge is 2.15. The third kappa shape index (κ3) is 3.73. The van der Waals surface area contributed by atoms with Crippen molar-refractivity contribution in [2.24, 2.45) is 0 Å². The van der Waals surface area contributed by atoms with Crippen LogP contribution in [0.1, 0.15) is 22.0 Å². The second kappa shape index (κ2) is 7.09. The van der Waals surface area contributed by atoms with Crippen molar-refractivity contribution < 1.29 is 9.53 Å². The highest BCUT2D eigenvalue weighted by Crippen LogP contribution is 2.22. The smallest absolute Gasteiger partial charge is 0.252 e. The molecule has 20 heavy (non-hydrogen) atoms. The summed E-state index contributed by atoms with van der Waals surface area (Å²) in [5.41, 5.74) is 1.40. The number of hydrogen-bond donors (Lipinski definition) is 1. The molecule has 0 spiro atoms. The number of carbonyl (C=O) groups is 1. The maximum Gasteiger partial charge on any atom is 0.252 e. The zero-order chi connectivity index (χ0) is 14.5. The van der Waals surface area contributed by atoms with Crippen LogP contribution in [0, 0.1) is 0 Å². The van der Waals surface area contributed by atoms with Gasteiger partial charge in [0.05, 0.1) is 10.6 Å². The Morgan fingerprint density at radius 1 is 1.40 bits per heavy atom. The molecule has 1 atom stereocenters. The number of amides is 1. The minimum atomic E-state index is -0.269. The zero-order valence-corrected chi connectivity index (χ0v) is 13.1. The van der Waals surface area contributed by atoms with Gasteiger partial charge in [0.2, 0.25) is 0 Å². The summed E-state index contributed by atoms with van der Waals surface area (Å²) in [7, 11) is 1.61. The molecule has 0 aliphatic carbocycles. The van der Waals surface area contributed by atoms with E-state index < -0.39 is 0 Å². The van der Waals surface area contributed by atoms with E-state index in [0.717, 1.165) is 5.56 Å². The standard InChI is InChI=1S/C14H13Cl2NO2S/c1-19-13(9-4-5-20-8-9)7-17-14(18)11-6-10(15)2-3-12(11)16/h2-6,8,13H,7H2,1H3,(H,17,18)/t13-/m0/s1. The minimum absolute atomic E-state index is 0.178. The van der Waals surface area contributed by atoms with Crippen molar-refractivity contribution >= 4 is 40.4 Å². The fraction of sp³-hybridized carbons (Fsp3) is 0.214. The van der Waals surface area contributed by atoms with Crippen molar-refractivity contribution in [3.8, 4) is 0 Å². The quantitative estimate of drug-likeness (QED) is 0.893. The summed E-state index contributed by atoms with van der Waals surface area (Å²) in [6.07, 6.45) is -0.178. The molecule has 1 amide bonds. The van der Waals surface area contributed by atoms with E-state index in [-0.39, 0.29) is 12.0 Å². The first-order chi connectivity index (χ1) is 9.61. The summed E-state index contributed by atoms with van der Waals surface area (Å²) in [5.74, 6) is -0.269. The minimum Gasteiger partial charge on any atom is -0.375 e. The normalized spacial score (nSPS) is 12.2. The molecule has 0 aliphatic rings. The predicted molar refractivity (Wildman–Crippen MR) is 82.9 cm³/mol. The van der Waals surface area contributed by atoms with Crippen molar-refractivity contribution in [1.29, 1.82) is 0 Å². The molecule has 1 N–H and O–H groups in total. The van der Waals surface area contributed by atoms with Gasteiger partial charge in [-0.3, -0.25) is 4.79 Å². The molecule has 1 heterocycles. The van der Waals surface area contributed by atoms with E-state index >= 15 is 0 Å². The fourth-order valence-electron chi connectivity index (χ4n) is 1.75. The number of thiophene rings is 1. The molecular formula is C14H13Cl2NO2S. The molecule has 0 radical (unpaired) electrons. The van der Waals surface area contributed by atoms with Crippen LogP contribution in [0.4, 0.5) is 0 Å². The molecule has 1 aromatic carbocycles. The highest BCUT2D eigenvalue weighted by atomic mass is 35.5. The number of nitrogens with one attached hydrogen (secondary N) is 1. The number of hydrogen-bond acceptors (Lipinski definition) is 3. The maximum absolute atomic E-state index is 12.1. The van der Waals surface area contributed by atoms with Crippen LogP contribution in [-0.2, 0) is 4.74 Å². The number of benzene rings is 1. The first-order valence-corrected chi connectivity index (χ1v) is 7.60. The molecule has 0 saturated carbocycles. The van der Waals surface area contributed by atoms with Gasteiger partial charge >= 0.3 is 0 Å². The van der Waals surface area contributed by atoms with Crippen LogP contribution in [0.25, 0.3) is 0 Å². The Morgan fingerprint density at radius 2 is 2.20 bits per heavy atom. The topological polar surface area (TPSA) is 38.3 Å². The van der Waals surface area contributed by atoms with Gasteiger partial charge in [-0.2, -0.15) is 11.3 Å². The number of carbonyl (C=O) groups excluding carboxylic acids is 1. The molecule has 1 aromatic heterocycles. The van der Waals surface area contributed by atoms with E-state index in [4.69, 9.17) is 27.9 Å². The first kappa shape index (κ1) is 15.3. The van der Waals surface area contributed by atoms with E-state index in [1.165, 1.54) is 0 Å². The van der Waals surface area contributed by atoms with Gasteiger partial charge in [0.15, 0.2) is 0 Å². The Balaban J connectivity index is 2.03. The van der Waals surface area contributed by atoms with Crippen LogP contribution in [0.3, 0.4) is 0 Å². The summed E-state index contributed by atoms with van der Waals surface area (Å²) in [4.78, 5) is 12.1. The van der Waals surface area contributed by atoms with Gasteiger partial charge in [-0.25, -0.2) is 0 Å². The molecular weight excluding hydrogens is 317 g/mol. The molecule has 0 unspecified atom stereocenters. The molecule has 0 bridgehead atoms. The third-order valence-electron chi connectivity index (χ3n) is 2.82. The third-order valence-corrected chi connectivity index (χ3v) is 4.09. The summed E-state index contributed by atoms with van der Waals surface area (Å²) in [6.45, 7) is 0.370. The Kier molecular flexibility index (Phi) is 5.43. The maximum atomic E-state index is 12.1. The number of halogens is 2. The van der Waals surface area contributed by atoms with Crippen molar-refractivity contribution in [3.63, 3.8) is 0 Å². The summed E-state index contributed by atoms with van der Waals surface area (Å²) < 4.78 is 5.37. The largest absolute Gasteiger partial charge is 0.375 e. The average Bonchev–Trinajstić information content (AvgIpc) is 2.96. The predicted octanol–water partition coefficient (Wildman–Crippen LogP) is 4.17. The van der Waals surface area contributed by atoms with E-state index in [0.29, 0.717) is 22.2 Å². The average molecular weight is 330 g/mol. The fourth-order valence-corrected chi connectivity index (χ4v) is 2.82. The Morgan fingerprint density at radius 3 is 2.85 bits per heavy atom. The summed E-state index contributed by atoms with van der Waals surface area (Å²) in [6, 6.07) is 6.76. The molecule has 0 fully saturated rings. The molecule has 6 heteroatoms. The Hall–Kier alpha value is -1.07.